The van der Waals surface area contributed by atoms with Crippen molar-refractivity contribution in [3.63, 3.8) is 0 Å². The molecule has 2 aliphatic rings. The van der Waals surface area contributed by atoms with Crippen LogP contribution in [0.5, 0.6) is 0 Å². The average Bonchev–Trinajstić information content (AvgIpc) is 2.89. The topological polar surface area (TPSA) is 0 Å². The van der Waals surface area contributed by atoms with Gasteiger partial charge in [0.1, 0.15) is 0 Å². The maximum absolute atomic E-state index is 2.39. The van der Waals surface area contributed by atoms with Gasteiger partial charge in [-0.1, -0.05) is 0 Å². The van der Waals surface area contributed by atoms with Gasteiger partial charge in [-0.2, -0.15) is 0 Å². The summed E-state index contributed by atoms with van der Waals surface area (Å²) in [6, 6.07) is 0. The molecule has 0 aromatic heterocycles. The van der Waals surface area contributed by atoms with Gasteiger partial charge in [0, 0.05) is 0 Å². The average molecular weight is 361 g/mol. The molecule has 0 aliphatic heterocycles. The molecule has 0 heterocycles. The van der Waals surface area contributed by atoms with E-state index >= 15 is 0 Å². The summed E-state index contributed by atoms with van der Waals surface area (Å²) in [5.41, 5.74) is 3.33. The van der Waals surface area contributed by atoms with E-state index in [4.69, 9.17) is 0 Å². The Kier molecular flexibility index (Phi) is 10.2. The number of halogens is 2. The van der Waals surface area contributed by atoms with Crippen molar-refractivity contribution >= 4 is 0 Å². The van der Waals surface area contributed by atoms with E-state index in [1.54, 1.807) is 18.9 Å². The fraction of sp³-hybridized carbons (Fsp3) is 0.556. The van der Waals surface area contributed by atoms with Gasteiger partial charge in [0.05, 0.1) is 0 Å². The molecule has 0 unspecified atom stereocenters. The normalized spacial score (nSPS) is 16.7. The first-order valence-electron chi connectivity index (χ1n) is 7.60. The third kappa shape index (κ3) is 6.49. The van der Waals surface area contributed by atoms with Crippen molar-refractivity contribution < 1.29 is 44.0 Å². The summed E-state index contributed by atoms with van der Waals surface area (Å²) in [7, 11) is 0. The molecule has 0 aromatic rings. The molecule has 2 aliphatic carbocycles. The van der Waals surface area contributed by atoms with Gasteiger partial charge in [0.15, 0.2) is 0 Å². The summed E-state index contributed by atoms with van der Waals surface area (Å²) in [5.74, 6) is 1.57. The zero-order valence-corrected chi connectivity index (χ0v) is 16.6. The number of rotatable bonds is 6. The summed E-state index contributed by atoms with van der Waals surface area (Å²) < 4.78 is 3.60. The molecule has 0 atom stereocenters. The predicted octanol–water partition coefficient (Wildman–Crippen LogP) is -0.403. The molecule has 0 spiro atoms. The summed E-state index contributed by atoms with van der Waals surface area (Å²) >= 11 is -0.0429. The molecule has 0 aromatic carbocycles. The Morgan fingerprint density at radius 3 is 1.52 bits per heavy atom. The van der Waals surface area contributed by atoms with E-state index in [0.29, 0.717) is 0 Å². The Labute approximate surface area is 152 Å². The van der Waals surface area contributed by atoms with Crippen molar-refractivity contribution in [2.75, 3.05) is 0 Å². The van der Waals surface area contributed by atoms with Gasteiger partial charge in [0.2, 0.25) is 0 Å². The Hall–Kier alpha value is 0.254. The molecule has 21 heavy (non-hydrogen) atoms. The van der Waals surface area contributed by atoms with Crippen molar-refractivity contribution in [2.24, 2.45) is 11.8 Å². The summed E-state index contributed by atoms with van der Waals surface area (Å²) in [5, 5.41) is 0. The van der Waals surface area contributed by atoms with Crippen LogP contribution in [0.2, 0.25) is 0 Å². The van der Waals surface area contributed by atoms with Gasteiger partial charge in [0.25, 0.3) is 0 Å². The summed E-state index contributed by atoms with van der Waals surface area (Å²) in [6.07, 6.45) is 14.6. The van der Waals surface area contributed by atoms with Gasteiger partial charge < -0.3 is 24.8 Å². The smallest absolute Gasteiger partial charge is 1.00 e. The predicted molar refractivity (Wildman–Crippen MR) is 80.5 cm³/mol. The van der Waals surface area contributed by atoms with Gasteiger partial charge in [-0.15, -0.1) is 0 Å². The Bertz CT molecular complexity index is 412. The van der Waals surface area contributed by atoms with E-state index < -0.39 is 0 Å². The Morgan fingerprint density at radius 2 is 1.19 bits per heavy atom. The third-order valence-electron chi connectivity index (χ3n) is 3.62. The molecule has 0 radical (unpaired) electrons. The van der Waals surface area contributed by atoms with Crippen molar-refractivity contribution in [1.82, 2.24) is 0 Å². The third-order valence-corrected chi connectivity index (χ3v) is 6.20. The summed E-state index contributed by atoms with van der Waals surface area (Å²) in [4.78, 5) is 0. The van der Waals surface area contributed by atoms with Gasteiger partial charge in [-0.25, -0.2) is 0 Å². The van der Waals surface area contributed by atoms with Gasteiger partial charge in [-0.3, -0.25) is 0 Å². The number of hydrogen-bond donors (Lipinski definition) is 0. The maximum atomic E-state index is 2.39. The van der Waals surface area contributed by atoms with Crippen molar-refractivity contribution in [3.05, 3.63) is 43.2 Å². The molecule has 3 heteroatoms. The molecule has 0 saturated carbocycles. The largest absolute Gasteiger partial charge is 1.00 e. The quantitative estimate of drug-likeness (QED) is 0.565. The summed E-state index contributed by atoms with van der Waals surface area (Å²) in [6.45, 7) is 9.32. The zero-order chi connectivity index (χ0) is 13.8. The van der Waals surface area contributed by atoms with Crippen LogP contribution in [0.3, 0.4) is 0 Å². The van der Waals surface area contributed by atoms with Gasteiger partial charge in [-0.05, 0) is 0 Å². The molecule has 116 valence electrons. The van der Waals surface area contributed by atoms with Crippen LogP contribution in [0.15, 0.2) is 43.2 Å². The minimum Gasteiger partial charge on any atom is -1.00 e. The van der Waals surface area contributed by atoms with Crippen LogP contribution in [0.4, 0.5) is 0 Å². The second kappa shape index (κ2) is 10.1. The molecular formula is C18H26Cl2Ti. The first-order valence-corrected chi connectivity index (χ1v) is 9.16. The first-order chi connectivity index (χ1) is 9.06. The van der Waals surface area contributed by atoms with E-state index in [0.717, 1.165) is 11.8 Å². The second-order valence-electron chi connectivity index (χ2n) is 6.54. The molecule has 0 saturated heterocycles. The molecule has 0 N–H and O–H groups in total. The first kappa shape index (κ1) is 21.3. The van der Waals surface area contributed by atoms with E-state index in [9.17, 15) is 0 Å². The van der Waals surface area contributed by atoms with E-state index in [2.05, 4.69) is 52.0 Å². The molecule has 0 amide bonds. The molecular weight excluding hydrogens is 335 g/mol. The Balaban J connectivity index is 0.00000200. The molecule has 0 nitrogen and oxygen atoms in total. The number of allylic oxidation sites excluding steroid dienone is 8. The standard InChI is InChI=1S/2C9H13.2ClH.Ti/c2*1-8(2)7-9-5-3-4-6-9;;;/h2*3,5,8H,4,7H2,1-2H3;2*1H;/q;;;;+2/p-2. The molecule has 0 fully saturated rings. The number of hydrogen-bond acceptors (Lipinski definition) is 0. The van der Waals surface area contributed by atoms with Crippen LogP contribution in [0.25, 0.3) is 0 Å². The molecule has 2 rings (SSSR count). The van der Waals surface area contributed by atoms with Crippen LogP contribution in [-0.2, 0) is 19.2 Å². The van der Waals surface area contributed by atoms with Gasteiger partial charge >= 0.3 is 128 Å². The zero-order valence-electron chi connectivity index (χ0n) is 13.5. The van der Waals surface area contributed by atoms with Crippen LogP contribution in [-0.4, -0.2) is 0 Å². The second-order valence-corrected chi connectivity index (χ2v) is 8.82. The maximum Gasteiger partial charge on any atom is -1.00 e. The fourth-order valence-electron chi connectivity index (χ4n) is 2.81. The van der Waals surface area contributed by atoms with Crippen LogP contribution >= 0.6 is 0 Å². The van der Waals surface area contributed by atoms with Crippen molar-refractivity contribution in [1.29, 1.82) is 0 Å². The molecule has 0 bridgehead atoms. The van der Waals surface area contributed by atoms with Crippen LogP contribution in [0, 0.1) is 11.8 Å². The van der Waals surface area contributed by atoms with Crippen molar-refractivity contribution in [3.8, 4) is 0 Å². The monoisotopic (exact) mass is 360 g/mol. The van der Waals surface area contributed by atoms with Crippen molar-refractivity contribution in [2.45, 2.75) is 53.4 Å². The van der Waals surface area contributed by atoms with E-state index in [-0.39, 0.29) is 44.0 Å². The van der Waals surface area contributed by atoms with Crippen LogP contribution in [0.1, 0.15) is 53.4 Å². The Morgan fingerprint density at radius 1 is 0.810 bits per heavy atom. The minimum absolute atomic E-state index is 0. The SMILES string of the molecule is CC(C)CC1=[C]([Ti+2][C]2=C(CC(C)C)C=CC2)CC=C1.[Cl-].[Cl-]. The van der Waals surface area contributed by atoms with E-state index in [1.807, 2.05) is 0 Å². The van der Waals surface area contributed by atoms with E-state index in [1.165, 1.54) is 25.7 Å². The van der Waals surface area contributed by atoms with Crippen LogP contribution < -0.4 is 24.8 Å². The fourth-order valence-corrected chi connectivity index (χ4v) is 5.14. The minimum atomic E-state index is -0.0429.